The van der Waals surface area contributed by atoms with Gasteiger partial charge >= 0.3 is 0 Å². The maximum absolute atomic E-state index is 10.1. The number of phenolic OH excluding ortho intramolecular Hbond substituents is 1. The molecule has 1 aliphatic carbocycles. The Morgan fingerprint density at radius 3 is 2.40 bits per heavy atom. The fourth-order valence-electron chi connectivity index (χ4n) is 3.53. The third-order valence-electron chi connectivity index (χ3n) is 4.91. The molecule has 4 heteroatoms. The van der Waals surface area contributed by atoms with E-state index in [0.29, 0.717) is 16.9 Å². The Bertz CT molecular complexity index is 497. The summed E-state index contributed by atoms with van der Waals surface area (Å²) in [4.78, 5) is 2.44. The summed E-state index contributed by atoms with van der Waals surface area (Å²) in [5, 5.41) is 10.1. The van der Waals surface area contributed by atoms with Crippen molar-refractivity contribution < 1.29 is 14.6 Å². The molecule has 1 aromatic carbocycles. The number of benzene rings is 1. The SMILES string of the molecule is COc1cc(O)c(CN2CCC3(CCC3)C2)cc1OC. The summed E-state index contributed by atoms with van der Waals surface area (Å²) in [6.07, 6.45) is 5.44. The van der Waals surface area contributed by atoms with Gasteiger partial charge in [0.05, 0.1) is 14.2 Å². The maximum Gasteiger partial charge on any atom is 0.164 e. The van der Waals surface area contributed by atoms with Crippen LogP contribution < -0.4 is 9.47 Å². The first-order valence-corrected chi connectivity index (χ1v) is 7.32. The van der Waals surface area contributed by atoms with Crippen LogP contribution in [-0.4, -0.2) is 37.3 Å². The third kappa shape index (κ3) is 2.33. The van der Waals surface area contributed by atoms with E-state index >= 15 is 0 Å². The van der Waals surface area contributed by atoms with E-state index in [9.17, 15) is 5.11 Å². The molecular weight excluding hydrogens is 254 g/mol. The van der Waals surface area contributed by atoms with Gasteiger partial charge in [0, 0.05) is 24.7 Å². The zero-order chi connectivity index (χ0) is 14.2. The average Bonchev–Trinajstić information content (AvgIpc) is 2.85. The average molecular weight is 277 g/mol. The standard InChI is InChI=1S/C16H23NO3/c1-19-14-8-12(13(18)9-15(14)20-2)10-17-7-6-16(11-17)4-3-5-16/h8-9,18H,3-7,10-11H2,1-2H3. The molecule has 3 rings (SSSR count). The van der Waals surface area contributed by atoms with Crippen LogP contribution in [0.4, 0.5) is 0 Å². The van der Waals surface area contributed by atoms with Crippen LogP contribution in [0.2, 0.25) is 0 Å². The van der Waals surface area contributed by atoms with Crippen molar-refractivity contribution in [3.05, 3.63) is 17.7 Å². The summed E-state index contributed by atoms with van der Waals surface area (Å²) in [7, 11) is 3.20. The van der Waals surface area contributed by atoms with Gasteiger partial charge in [0.15, 0.2) is 11.5 Å². The second kappa shape index (κ2) is 5.17. The first-order chi connectivity index (χ1) is 9.65. The van der Waals surface area contributed by atoms with Gasteiger partial charge in [-0.05, 0) is 37.3 Å². The highest BCUT2D eigenvalue weighted by molar-refractivity contribution is 5.50. The monoisotopic (exact) mass is 277 g/mol. The van der Waals surface area contributed by atoms with E-state index in [1.807, 2.05) is 6.07 Å². The van der Waals surface area contributed by atoms with Crippen LogP contribution in [0.5, 0.6) is 17.2 Å². The Balaban J connectivity index is 1.74. The minimum Gasteiger partial charge on any atom is -0.507 e. The zero-order valence-electron chi connectivity index (χ0n) is 12.3. The van der Waals surface area contributed by atoms with Crippen molar-refractivity contribution in [1.29, 1.82) is 0 Å². The van der Waals surface area contributed by atoms with Gasteiger partial charge in [-0.3, -0.25) is 4.90 Å². The van der Waals surface area contributed by atoms with Crippen LogP contribution in [0.3, 0.4) is 0 Å². The minimum absolute atomic E-state index is 0.289. The van der Waals surface area contributed by atoms with E-state index in [1.54, 1.807) is 20.3 Å². The molecule has 110 valence electrons. The van der Waals surface area contributed by atoms with E-state index in [0.717, 1.165) is 18.7 Å². The summed E-state index contributed by atoms with van der Waals surface area (Å²) in [6, 6.07) is 3.53. The number of hydrogen-bond acceptors (Lipinski definition) is 4. The molecule has 2 aliphatic rings. The van der Waals surface area contributed by atoms with Gasteiger partial charge in [-0.25, -0.2) is 0 Å². The largest absolute Gasteiger partial charge is 0.507 e. The van der Waals surface area contributed by atoms with E-state index in [4.69, 9.17) is 9.47 Å². The first-order valence-electron chi connectivity index (χ1n) is 7.32. The van der Waals surface area contributed by atoms with Crippen molar-refractivity contribution in [2.75, 3.05) is 27.3 Å². The molecule has 2 fully saturated rings. The quantitative estimate of drug-likeness (QED) is 0.919. The van der Waals surface area contributed by atoms with E-state index in [2.05, 4.69) is 4.90 Å². The Kier molecular flexibility index (Phi) is 3.50. The number of methoxy groups -OCH3 is 2. The summed E-state index contributed by atoms with van der Waals surface area (Å²) >= 11 is 0. The van der Waals surface area contributed by atoms with E-state index in [1.165, 1.54) is 32.2 Å². The summed E-state index contributed by atoms with van der Waals surface area (Å²) in [5.41, 5.74) is 1.51. The van der Waals surface area contributed by atoms with Gasteiger partial charge in [-0.15, -0.1) is 0 Å². The molecule has 0 aromatic heterocycles. The first kappa shape index (κ1) is 13.6. The lowest BCUT2D eigenvalue weighted by Crippen LogP contribution is -2.32. The molecule has 0 radical (unpaired) electrons. The van der Waals surface area contributed by atoms with Crippen LogP contribution in [0.25, 0.3) is 0 Å². The van der Waals surface area contributed by atoms with Crippen LogP contribution in [0.1, 0.15) is 31.2 Å². The highest BCUT2D eigenvalue weighted by Gasteiger charge is 2.42. The molecule has 4 nitrogen and oxygen atoms in total. The summed E-state index contributed by atoms with van der Waals surface area (Å²) in [5.74, 6) is 1.54. The van der Waals surface area contributed by atoms with Crippen LogP contribution >= 0.6 is 0 Å². The second-order valence-corrected chi connectivity index (χ2v) is 6.15. The van der Waals surface area contributed by atoms with Gasteiger partial charge in [0.1, 0.15) is 5.75 Å². The van der Waals surface area contributed by atoms with Gasteiger partial charge in [-0.2, -0.15) is 0 Å². The van der Waals surface area contributed by atoms with Gasteiger partial charge in [-0.1, -0.05) is 6.42 Å². The third-order valence-corrected chi connectivity index (χ3v) is 4.91. The van der Waals surface area contributed by atoms with Crippen molar-refractivity contribution in [1.82, 2.24) is 4.90 Å². The maximum atomic E-state index is 10.1. The molecule has 20 heavy (non-hydrogen) atoms. The highest BCUT2D eigenvalue weighted by Crippen LogP contribution is 2.48. The Labute approximate surface area is 120 Å². The summed E-state index contributed by atoms with van der Waals surface area (Å²) < 4.78 is 10.5. The minimum atomic E-state index is 0.289. The zero-order valence-corrected chi connectivity index (χ0v) is 12.3. The van der Waals surface area contributed by atoms with Crippen LogP contribution in [0.15, 0.2) is 12.1 Å². The number of aromatic hydroxyl groups is 1. The Morgan fingerprint density at radius 2 is 1.85 bits per heavy atom. The Morgan fingerprint density at radius 1 is 1.15 bits per heavy atom. The molecule has 0 amide bonds. The number of hydrogen-bond donors (Lipinski definition) is 1. The molecule has 1 aromatic rings. The predicted octanol–water partition coefficient (Wildman–Crippen LogP) is 2.79. The Hall–Kier alpha value is -1.42. The molecule has 1 N–H and O–H groups in total. The van der Waals surface area contributed by atoms with Crippen molar-refractivity contribution in [2.45, 2.75) is 32.2 Å². The topological polar surface area (TPSA) is 41.9 Å². The fourth-order valence-corrected chi connectivity index (χ4v) is 3.53. The smallest absolute Gasteiger partial charge is 0.164 e. The molecule has 0 bridgehead atoms. The lowest BCUT2D eigenvalue weighted by atomic mass is 9.68. The van der Waals surface area contributed by atoms with Crippen molar-refractivity contribution in [3.8, 4) is 17.2 Å². The number of phenols is 1. The fraction of sp³-hybridized carbons (Fsp3) is 0.625. The normalized spacial score (nSPS) is 20.9. The summed E-state index contributed by atoms with van der Waals surface area (Å²) in [6.45, 7) is 3.09. The number of likely N-dealkylation sites (tertiary alicyclic amines) is 1. The molecule has 1 saturated carbocycles. The van der Waals surface area contributed by atoms with Crippen LogP contribution in [-0.2, 0) is 6.54 Å². The molecule has 1 heterocycles. The van der Waals surface area contributed by atoms with E-state index < -0.39 is 0 Å². The van der Waals surface area contributed by atoms with Crippen LogP contribution in [0, 0.1) is 5.41 Å². The predicted molar refractivity (Wildman–Crippen MR) is 77.4 cm³/mol. The highest BCUT2D eigenvalue weighted by atomic mass is 16.5. The van der Waals surface area contributed by atoms with Crippen molar-refractivity contribution in [2.24, 2.45) is 5.41 Å². The second-order valence-electron chi connectivity index (χ2n) is 6.15. The molecule has 1 aliphatic heterocycles. The number of ether oxygens (including phenoxy) is 2. The number of rotatable bonds is 4. The van der Waals surface area contributed by atoms with E-state index in [-0.39, 0.29) is 5.75 Å². The van der Waals surface area contributed by atoms with Gasteiger partial charge in [0.25, 0.3) is 0 Å². The van der Waals surface area contributed by atoms with Crippen molar-refractivity contribution in [3.63, 3.8) is 0 Å². The lowest BCUT2D eigenvalue weighted by molar-refractivity contribution is 0.137. The van der Waals surface area contributed by atoms with Gasteiger partial charge < -0.3 is 14.6 Å². The molecule has 0 unspecified atom stereocenters. The van der Waals surface area contributed by atoms with Gasteiger partial charge in [0.2, 0.25) is 0 Å². The molecule has 0 atom stereocenters. The molecule has 1 spiro atoms. The number of nitrogens with zero attached hydrogens (tertiary/aromatic N) is 1. The van der Waals surface area contributed by atoms with Crippen molar-refractivity contribution >= 4 is 0 Å². The molecule has 1 saturated heterocycles. The lowest BCUT2D eigenvalue weighted by Gasteiger charge is -2.38. The molecular formula is C16H23NO3.